The summed E-state index contributed by atoms with van der Waals surface area (Å²) in [5.41, 5.74) is 5.89. The molecule has 2 aliphatic rings. The first-order chi connectivity index (χ1) is 9.44. The third kappa shape index (κ3) is 6.55. The minimum atomic E-state index is -4.12. The van der Waals surface area contributed by atoms with Gasteiger partial charge in [0, 0.05) is 26.2 Å². The molecular weight excluding hydrogens is 400 g/mol. The van der Waals surface area contributed by atoms with Gasteiger partial charge in [-0.25, -0.2) is 0 Å². The number of hydrogen-bond donors (Lipinski definition) is 1. The van der Waals surface area contributed by atoms with Crippen LogP contribution in [0.25, 0.3) is 0 Å². The third-order valence-electron chi connectivity index (χ3n) is 3.62. The second kappa shape index (κ2) is 8.37. The zero-order valence-corrected chi connectivity index (χ0v) is 14.1. The van der Waals surface area contributed by atoms with Crippen molar-refractivity contribution >= 4 is 29.9 Å². The van der Waals surface area contributed by atoms with E-state index in [9.17, 15) is 13.2 Å². The minimum absolute atomic E-state index is 0. The maximum atomic E-state index is 12.3. The summed E-state index contributed by atoms with van der Waals surface area (Å²) in [4.78, 5) is 7.70. The molecule has 21 heavy (non-hydrogen) atoms. The van der Waals surface area contributed by atoms with Crippen LogP contribution in [0.4, 0.5) is 13.2 Å². The van der Waals surface area contributed by atoms with E-state index in [1.807, 2.05) is 4.90 Å². The zero-order valence-electron chi connectivity index (χ0n) is 11.8. The van der Waals surface area contributed by atoms with E-state index in [0.717, 1.165) is 19.5 Å². The molecule has 5 nitrogen and oxygen atoms in total. The van der Waals surface area contributed by atoms with E-state index in [2.05, 4.69) is 4.99 Å². The van der Waals surface area contributed by atoms with Gasteiger partial charge in [-0.15, -0.1) is 24.0 Å². The van der Waals surface area contributed by atoms with E-state index < -0.39 is 12.7 Å². The molecule has 2 fully saturated rings. The van der Waals surface area contributed by atoms with Crippen LogP contribution in [0, 0.1) is 5.92 Å². The summed E-state index contributed by atoms with van der Waals surface area (Å²) in [6, 6.07) is 0. The number of halogens is 4. The van der Waals surface area contributed by atoms with Gasteiger partial charge in [-0.2, -0.15) is 13.2 Å². The van der Waals surface area contributed by atoms with E-state index in [1.165, 1.54) is 4.90 Å². The van der Waals surface area contributed by atoms with Crippen molar-refractivity contribution in [2.45, 2.75) is 12.6 Å². The molecule has 2 aliphatic heterocycles. The number of aliphatic imine (C=N–C) groups is 1. The number of morpholine rings is 1. The van der Waals surface area contributed by atoms with Gasteiger partial charge in [0.1, 0.15) is 0 Å². The van der Waals surface area contributed by atoms with Crippen LogP contribution in [0.1, 0.15) is 6.42 Å². The normalized spacial score (nSPS) is 25.0. The van der Waals surface area contributed by atoms with E-state index in [0.29, 0.717) is 38.8 Å². The number of hydrogen-bond acceptors (Lipinski definition) is 3. The highest BCUT2D eigenvalue weighted by molar-refractivity contribution is 14.0. The Hall–Kier alpha value is -0.290. The molecule has 0 aromatic carbocycles. The second-order valence-electron chi connectivity index (χ2n) is 5.30. The quantitative estimate of drug-likeness (QED) is 0.421. The van der Waals surface area contributed by atoms with Crippen LogP contribution in [-0.4, -0.2) is 74.4 Å². The third-order valence-corrected chi connectivity index (χ3v) is 3.62. The largest absolute Gasteiger partial charge is 0.401 e. The molecular formula is C12H22F3IN4O. The van der Waals surface area contributed by atoms with Gasteiger partial charge in [0.05, 0.1) is 19.8 Å². The molecule has 2 saturated heterocycles. The molecule has 1 atom stereocenters. The molecule has 0 bridgehead atoms. The van der Waals surface area contributed by atoms with Crippen LogP contribution in [0.15, 0.2) is 4.99 Å². The van der Waals surface area contributed by atoms with Crippen molar-refractivity contribution in [3.05, 3.63) is 0 Å². The second-order valence-corrected chi connectivity index (χ2v) is 5.30. The summed E-state index contributed by atoms with van der Waals surface area (Å²) >= 11 is 0. The minimum Gasteiger partial charge on any atom is -0.378 e. The molecule has 0 aromatic rings. The maximum Gasteiger partial charge on any atom is 0.401 e. The molecule has 0 spiro atoms. The Balaban J connectivity index is 0.00000220. The molecule has 2 N–H and O–H groups in total. The predicted molar refractivity (Wildman–Crippen MR) is 84.9 cm³/mol. The van der Waals surface area contributed by atoms with Crippen molar-refractivity contribution < 1.29 is 17.9 Å². The van der Waals surface area contributed by atoms with Gasteiger partial charge in [0.2, 0.25) is 0 Å². The highest BCUT2D eigenvalue weighted by atomic mass is 127. The fourth-order valence-electron chi connectivity index (χ4n) is 2.57. The van der Waals surface area contributed by atoms with Crippen molar-refractivity contribution in [3.63, 3.8) is 0 Å². The van der Waals surface area contributed by atoms with E-state index in [1.54, 1.807) is 0 Å². The average Bonchev–Trinajstić information content (AvgIpc) is 2.82. The summed E-state index contributed by atoms with van der Waals surface area (Å²) in [5.74, 6) is 0.638. The fourth-order valence-corrected chi connectivity index (χ4v) is 2.57. The molecule has 2 heterocycles. The fraction of sp³-hybridized carbons (Fsp3) is 0.917. The number of likely N-dealkylation sites (tertiary alicyclic amines) is 1. The Morgan fingerprint density at radius 3 is 2.52 bits per heavy atom. The molecule has 0 radical (unpaired) electrons. The Labute approximate surface area is 139 Å². The van der Waals surface area contributed by atoms with Crippen LogP contribution >= 0.6 is 24.0 Å². The monoisotopic (exact) mass is 422 g/mol. The van der Waals surface area contributed by atoms with Gasteiger partial charge >= 0.3 is 6.18 Å². The summed E-state index contributed by atoms with van der Waals surface area (Å²) in [5, 5.41) is 0. The smallest absolute Gasteiger partial charge is 0.378 e. The molecule has 1 unspecified atom stereocenters. The van der Waals surface area contributed by atoms with Crippen molar-refractivity contribution in [1.29, 1.82) is 0 Å². The molecule has 124 valence electrons. The molecule has 0 amide bonds. The van der Waals surface area contributed by atoms with Gasteiger partial charge in [-0.3, -0.25) is 9.89 Å². The van der Waals surface area contributed by atoms with Gasteiger partial charge in [0.15, 0.2) is 5.96 Å². The molecule has 0 aromatic heterocycles. The van der Waals surface area contributed by atoms with Crippen LogP contribution in [0.2, 0.25) is 0 Å². The molecule has 2 rings (SSSR count). The number of guanidine groups is 1. The summed E-state index contributed by atoms with van der Waals surface area (Å²) in [7, 11) is 0. The molecule has 9 heteroatoms. The van der Waals surface area contributed by atoms with Crippen LogP contribution in [0.3, 0.4) is 0 Å². The zero-order chi connectivity index (χ0) is 14.6. The number of ether oxygens (including phenoxy) is 1. The van der Waals surface area contributed by atoms with E-state index in [4.69, 9.17) is 10.5 Å². The summed E-state index contributed by atoms with van der Waals surface area (Å²) in [6.07, 6.45) is -3.37. The Bertz CT molecular complexity index is 348. The molecule has 0 aliphatic carbocycles. The summed E-state index contributed by atoms with van der Waals surface area (Å²) in [6.45, 7) is 3.32. The lowest BCUT2D eigenvalue weighted by atomic mass is 10.1. The lowest BCUT2D eigenvalue weighted by Gasteiger charge is -2.27. The predicted octanol–water partition coefficient (Wildman–Crippen LogP) is 1.14. The number of nitrogens with two attached hydrogens (primary N) is 1. The van der Waals surface area contributed by atoms with E-state index in [-0.39, 0.29) is 29.9 Å². The maximum absolute atomic E-state index is 12.3. The van der Waals surface area contributed by atoms with Crippen molar-refractivity contribution in [1.82, 2.24) is 9.80 Å². The number of alkyl halides is 3. The lowest BCUT2D eigenvalue weighted by molar-refractivity contribution is -0.143. The average molecular weight is 422 g/mol. The van der Waals surface area contributed by atoms with Crippen LogP contribution in [-0.2, 0) is 4.74 Å². The van der Waals surface area contributed by atoms with Crippen molar-refractivity contribution in [2.24, 2.45) is 16.6 Å². The standard InChI is InChI=1S/C12H21F3N4O.HI/c13-12(14,15)9-18-2-1-10(8-18)7-17-11(16)19-3-5-20-6-4-19;/h10H,1-9H2,(H2,16,17);1H. The highest BCUT2D eigenvalue weighted by Crippen LogP contribution is 2.22. The Morgan fingerprint density at radius 1 is 1.24 bits per heavy atom. The SMILES string of the molecule is I.NC(=NCC1CCN(CC(F)(F)F)C1)N1CCOCC1. The van der Waals surface area contributed by atoms with Crippen molar-refractivity contribution in [3.8, 4) is 0 Å². The van der Waals surface area contributed by atoms with Gasteiger partial charge in [0.25, 0.3) is 0 Å². The van der Waals surface area contributed by atoms with Gasteiger partial charge < -0.3 is 15.4 Å². The summed E-state index contributed by atoms with van der Waals surface area (Å²) < 4.78 is 42.1. The van der Waals surface area contributed by atoms with Gasteiger partial charge in [-0.1, -0.05) is 0 Å². The lowest BCUT2D eigenvalue weighted by Crippen LogP contribution is -2.45. The number of nitrogens with zero attached hydrogens (tertiary/aromatic N) is 3. The van der Waals surface area contributed by atoms with Crippen LogP contribution in [0.5, 0.6) is 0 Å². The molecule has 0 saturated carbocycles. The van der Waals surface area contributed by atoms with Gasteiger partial charge in [-0.05, 0) is 18.9 Å². The highest BCUT2D eigenvalue weighted by Gasteiger charge is 2.34. The first-order valence-electron chi connectivity index (χ1n) is 6.86. The topological polar surface area (TPSA) is 54.1 Å². The Morgan fingerprint density at radius 2 is 1.90 bits per heavy atom. The number of rotatable bonds is 3. The Kier molecular flexibility index (Phi) is 7.48. The van der Waals surface area contributed by atoms with E-state index >= 15 is 0 Å². The van der Waals surface area contributed by atoms with Crippen LogP contribution < -0.4 is 5.73 Å². The first-order valence-corrected chi connectivity index (χ1v) is 6.86. The van der Waals surface area contributed by atoms with Crippen molar-refractivity contribution in [2.75, 3.05) is 52.5 Å². The first kappa shape index (κ1) is 18.8.